The molecule has 2 aliphatic rings. The molecule has 0 aromatic heterocycles. The van der Waals surface area contributed by atoms with Crippen molar-refractivity contribution < 1.29 is 9.59 Å². The lowest BCUT2D eigenvalue weighted by atomic mass is 9.84. The van der Waals surface area contributed by atoms with Crippen LogP contribution in [0, 0.1) is 5.92 Å². The zero-order valence-electron chi connectivity index (χ0n) is 18.9. The summed E-state index contributed by atoms with van der Waals surface area (Å²) in [6.07, 6.45) is 5.51. The van der Waals surface area contributed by atoms with E-state index in [1.807, 2.05) is 54.6 Å². The van der Waals surface area contributed by atoms with Crippen molar-refractivity contribution in [2.45, 2.75) is 64.3 Å². The number of hydrogen-bond acceptors (Lipinski definition) is 3. The summed E-state index contributed by atoms with van der Waals surface area (Å²) in [5, 5.41) is 11.4. The van der Waals surface area contributed by atoms with E-state index in [1.54, 1.807) is 0 Å². The predicted molar refractivity (Wildman–Crippen MR) is 127 cm³/mol. The molecule has 3 unspecified atom stereocenters. The van der Waals surface area contributed by atoms with Crippen molar-refractivity contribution in [3.8, 4) is 0 Å². The highest BCUT2D eigenvalue weighted by atomic mass is 16.2. The molecular formula is C27H31N3O2. The Morgan fingerprint density at radius 3 is 2.66 bits per heavy atom. The highest BCUT2D eigenvalue weighted by Gasteiger charge is 2.29. The average Bonchev–Trinajstić information content (AvgIpc) is 2.82. The van der Waals surface area contributed by atoms with Gasteiger partial charge in [0, 0.05) is 17.7 Å². The van der Waals surface area contributed by atoms with E-state index in [0.29, 0.717) is 6.42 Å². The normalized spacial score (nSPS) is 19.9. The van der Waals surface area contributed by atoms with Crippen molar-refractivity contribution >= 4 is 17.5 Å². The van der Waals surface area contributed by atoms with Crippen LogP contribution in [-0.4, -0.2) is 17.9 Å². The largest absolute Gasteiger partial charge is 0.326 e. The van der Waals surface area contributed by atoms with Gasteiger partial charge in [0.15, 0.2) is 0 Å². The summed E-state index contributed by atoms with van der Waals surface area (Å²) in [5.41, 5.74) is 4.95. The molecule has 5 nitrogen and oxygen atoms in total. The molecule has 32 heavy (non-hydrogen) atoms. The van der Waals surface area contributed by atoms with Crippen LogP contribution in [0.1, 0.15) is 63.0 Å². The summed E-state index contributed by atoms with van der Waals surface area (Å²) in [6.45, 7) is 4.24. The lowest BCUT2D eigenvalue weighted by molar-refractivity contribution is -0.118. The first kappa shape index (κ1) is 22.1. The van der Waals surface area contributed by atoms with E-state index in [1.165, 1.54) is 0 Å². The SMILES string of the molecule is CCC(C)C(C(=O)Nc1cccc(CC2N=NC(=O)C3=C2CCCC3)c1)c1ccccc1. The molecule has 0 fully saturated rings. The summed E-state index contributed by atoms with van der Waals surface area (Å²) in [7, 11) is 0. The standard InChI is InChI=1S/C27H31N3O2/c1-3-18(2)25(20-11-5-4-6-12-20)27(32)28-21-13-9-10-19(16-21)17-24-22-14-7-8-15-23(22)26(31)30-29-24/h4-6,9-13,16,18,24-25H,3,7-8,14-15,17H2,1-2H3,(H,28,32). The Kier molecular flexibility index (Phi) is 6.93. The van der Waals surface area contributed by atoms with Crippen molar-refractivity contribution in [2.75, 3.05) is 5.32 Å². The van der Waals surface area contributed by atoms with Crippen LogP contribution < -0.4 is 5.32 Å². The number of azo groups is 1. The molecule has 4 rings (SSSR count). The third kappa shape index (κ3) is 4.87. The van der Waals surface area contributed by atoms with Gasteiger partial charge in [-0.05, 0) is 60.4 Å². The van der Waals surface area contributed by atoms with Gasteiger partial charge in [-0.15, -0.1) is 5.11 Å². The van der Waals surface area contributed by atoms with Crippen LogP contribution in [0.4, 0.5) is 5.69 Å². The second kappa shape index (κ2) is 10.0. The zero-order chi connectivity index (χ0) is 22.5. The fraction of sp³-hybridized carbons (Fsp3) is 0.407. The lowest BCUT2D eigenvalue weighted by Crippen LogP contribution is -2.26. The molecule has 0 saturated heterocycles. The van der Waals surface area contributed by atoms with E-state index in [9.17, 15) is 9.59 Å². The van der Waals surface area contributed by atoms with Gasteiger partial charge in [0.25, 0.3) is 5.91 Å². The molecule has 0 saturated carbocycles. The second-order valence-corrected chi connectivity index (χ2v) is 8.91. The number of amides is 2. The molecule has 5 heteroatoms. The van der Waals surface area contributed by atoms with E-state index in [-0.39, 0.29) is 29.7 Å². The number of carbonyl (C=O) groups excluding carboxylic acids is 2. The number of benzene rings is 2. The summed E-state index contributed by atoms with van der Waals surface area (Å²) in [4.78, 5) is 25.3. The van der Waals surface area contributed by atoms with Crippen molar-refractivity contribution in [1.29, 1.82) is 0 Å². The summed E-state index contributed by atoms with van der Waals surface area (Å²) >= 11 is 0. The maximum Gasteiger partial charge on any atom is 0.291 e. The van der Waals surface area contributed by atoms with Crippen LogP contribution in [-0.2, 0) is 16.0 Å². The quantitative estimate of drug-likeness (QED) is 0.567. The van der Waals surface area contributed by atoms with Gasteiger partial charge in [-0.2, -0.15) is 5.11 Å². The number of carbonyl (C=O) groups is 2. The third-order valence-corrected chi connectivity index (χ3v) is 6.74. The van der Waals surface area contributed by atoms with Gasteiger partial charge in [-0.1, -0.05) is 62.7 Å². The Hall–Kier alpha value is -3.08. The van der Waals surface area contributed by atoms with E-state index >= 15 is 0 Å². The predicted octanol–water partition coefficient (Wildman–Crippen LogP) is 6.23. The first-order valence-corrected chi connectivity index (χ1v) is 11.7. The zero-order valence-corrected chi connectivity index (χ0v) is 18.9. The van der Waals surface area contributed by atoms with Gasteiger partial charge in [0.1, 0.15) is 0 Å². The fourth-order valence-electron chi connectivity index (χ4n) is 4.81. The maximum absolute atomic E-state index is 13.2. The van der Waals surface area contributed by atoms with Crippen LogP contribution in [0.3, 0.4) is 0 Å². The second-order valence-electron chi connectivity index (χ2n) is 8.91. The lowest BCUT2D eigenvalue weighted by Gasteiger charge is -2.26. The van der Waals surface area contributed by atoms with Crippen LogP contribution in [0.25, 0.3) is 0 Å². The fourth-order valence-corrected chi connectivity index (χ4v) is 4.81. The topological polar surface area (TPSA) is 70.9 Å². The molecule has 2 aromatic carbocycles. The highest BCUT2D eigenvalue weighted by Crippen LogP contribution is 2.34. The first-order chi connectivity index (χ1) is 15.6. The molecule has 0 radical (unpaired) electrons. The average molecular weight is 430 g/mol. The molecule has 2 amide bonds. The molecule has 0 spiro atoms. The summed E-state index contributed by atoms with van der Waals surface area (Å²) < 4.78 is 0. The van der Waals surface area contributed by atoms with Crippen molar-refractivity contribution in [2.24, 2.45) is 16.1 Å². The molecule has 1 aliphatic heterocycles. The molecular weight excluding hydrogens is 398 g/mol. The van der Waals surface area contributed by atoms with E-state index in [0.717, 1.165) is 60.1 Å². The molecule has 0 bridgehead atoms. The Morgan fingerprint density at radius 2 is 1.88 bits per heavy atom. The number of rotatable bonds is 7. The molecule has 166 valence electrons. The van der Waals surface area contributed by atoms with Crippen LogP contribution in [0.15, 0.2) is 76.0 Å². The van der Waals surface area contributed by atoms with Gasteiger partial charge >= 0.3 is 0 Å². The van der Waals surface area contributed by atoms with Crippen LogP contribution >= 0.6 is 0 Å². The number of nitrogens with one attached hydrogen (secondary N) is 1. The number of anilines is 1. The van der Waals surface area contributed by atoms with Crippen molar-refractivity contribution in [1.82, 2.24) is 0 Å². The molecule has 3 atom stereocenters. The Morgan fingerprint density at radius 1 is 1.09 bits per heavy atom. The minimum atomic E-state index is -0.196. The van der Waals surface area contributed by atoms with Gasteiger partial charge < -0.3 is 5.32 Å². The monoisotopic (exact) mass is 429 g/mol. The Balaban J connectivity index is 1.50. The smallest absolute Gasteiger partial charge is 0.291 e. The number of hydrogen-bond donors (Lipinski definition) is 1. The Bertz CT molecular complexity index is 1040. The van der Waals surface area contributed by atoms with Gasteiger partial charge in [0.2, 0.25) is 5.91 Å². The van der Waals surface area contributed by atoms with Crippen molar-refractivity contribution in [3.63, 3.8) is 0 Å². The number of nitrogens with zero attached hydrogens (tertiary/aromatic N) is 2. The van der Waals surface area contributed by atoms with E-state index < -0.39 is 0 Å². The van der Waals surface area contributed by atoms with Crippen LogP contribution in [0.5, 0.6) is 0 Å². The molecule has 1 N–H and O–H groups in total. The van der Waals surface area contributed by atoms with Crippen molar-refractivity contribution in [3.05, 3.63) is 76.9 Å². The van der Waals surface area contributed by atoms with Gasteiger partial charge in [-0.3, -0.25) is 9.59 Å². The molecule has 1 heterocycles. The Labute approximate surface area is 190 Å². The van der Waals surface area contributed by atoms with E-state index in [2.05, 4.69) is 29.4 Å². The molecule has 2 aromatic rings. The molecule has 1 aliphatic carbocycles. The maximum atomic E-state index is 13.2. The van der Waals surface area contributed by atoms with Crippen LogP contribution in [0.2, 0.25) is 0 Å². The minimum absolute atomic E-state index is 0.0166. The van der Waals surface area contributed by atoms with Gasteiger partial charge in [-0.25, -0.2) is 0 Å². The summed E-state index contributed by atoms with van der Waals surface area (Å²) in [5.74, 6) is -0.104. The minimum Gasteiger partial charge on any atom is -0.326 e. The summed E-state index contributed by atoms with van der Waals surface area (Å²) in [6, 6.07) is 17.9. The highest BCUT2D eigenvalue weighted by molar-refractivity contribution is 5.96. The van der Waals surface area contributed by atoms with Gasteiger partial charge in [0.05, 0.1) is 12.0 Å². The van der Waals surface area contributed by atoms with E-state index in [4.69, 9.17) is 0 Å². The third-order valence-electron chi connectivity index (χ3n) is 6.74. The first-order valence-electron chi connectivity index (χ1n) is 11.7.